The van der Waals surface area contributed by atoms with Crippen molar-refractivity contribution in [2.75, 3.05) is 26.4 Å². The molecule has 1 aromatic rings. The molecule has 0 bridgehead atoms. The molecule has 0 aliphatic rings. The highest BCUT2D eigenvalue weighted by Crippen LogP contribution is 2.23. The molecule has 3 nitrogen and oxygen atoms in total. The summed E-state index contributed by atoms with van der Waals surface area (Å²) < 4.78 is 46.1. The van der Waals surface area contributed by atoms with E-state index >= 15 is 0 Å². The first-order valence-corrected chi connectivity index (χ1v) is 6.47. The van der Waals surface area contributed by atoms with E-state index in [1.165, 1.54) is 0 Å². The lowest BCUT2D eigenvalue weighted by Crippen LogP contribution is -2.19. The van der Waals surface area contributed by atoms with Crippen molar-refractivity contribution >= 4 is 15.9 Å². The molecule has 0 atom stereocenters. The Balaban J connectivity index is 2.35. The summed E-state index contributed by atoms with van der Waals surface area (Å²) in [4.78, 5) is 0. The van der Waals surface area contributed by atoms with Crippen LogP contribution in [0, 0.1) is 0 Å². The van der Waals surface area contributed by atoms with Crippen LogP contribution in [0.25, 0.3) is 0 Å². The van der Waals surface area contributed by atoms with Gasteiger partial charge in [0.25, 0.3) is 0 Å². The van der Waals surface area contributed by atoms with Gasteiger partial charge in [-0.3, -0.25) is 0 Å². The fourth-order valence-corrected chi connectivity index (χ4v) is 1.84. The zero-order chi connectivity index (χ0) is 14.3. The van der Waals surface area contributed by atoms with Crippen LogP contribution < -0.4 is 10.5 Å². The van der Waals surface area contributed by atoms with Gasteiger partial charge in [-0.2, -0.15) is 13.2 Å². The molecule has 0 spiro atoms. The molecule has 0 amide bonds. The number of alkyl halides is 3. The minimum atomic E-state index is -4.30. The molecule has 0 aromatic heterocycles. The van der Waals surface area contributed by atoms with Crippen LogP contribution >= 0.6 is 15.9 Å². The molecule has 0 unspecified atom stereocenters. The van der Waals surface area contributed by atoms with Gasteiger partial charge in [-0.25, -0.2) is 0 Å². The minimum Gasteiger partial charge on any atom is -0.491 e. The molecule has 0 aliphatic carbocycles. The van der Waals surface area contributed by atoms with E-state index in [9.17, 15) is 13.2 Å². The molecule has 0 saturated heterocycles. The van der Waals surface area contributed by atoms with E-state index in [4.69, 9.17) is 10.5 Å². The maximum absolute atomic E-state index is 11.8. The Bertz CT molecular complexity index is 399. The van der Waals surface area contributed by atoms with Gasteiger partial charge in [0, 0.05) is 4.47 Å². The lowest BCUT2D eigenvalue weighted by atomic mass is 10.1. The summed E-state index contributed by atoms with van der Waals surface area (Å²) in [6.45, 7) is -0.784. The van der Waals surface area contributed by atoms with Gasteiger partial charge in [-0.05, 0) is 36.7 Å². The Labute approximate surface area is 118 Å². The average molecular weight is 342 g/mol. The fourth-order valence-electron chi connectivity index (χ4n) is 1.39. The third kappa shape index (κ3) is 6.79. The van der Waals surface area contributed by atoms with Crippen LogP contribution in [-0.4, -0.2) is 32.5 Å². The van der Waals surface area contributed by atoms with Crippen molar-refractivity contribution in [3.05, 3.63) is 28.2 Å². The summed E-state index contributed by atoms with van der Waals surface area (Å²) in [6, 6.07) is 5.35. The van der Waals surface area contributed by atoms with E-state index < -0.39 is 12.8 Å². The van der Waals surface area contributed by atoms with Gasteiger partial charge in [-0.1, -0.05) is 15.9 Å². The van der Waals surface area contributed by atoms with E-state index in [0.717, 1.165) is 10.0 Å². The number of nitrogens with two attached hydrogens (primary N) is 1. The van der Waals surface area contributed by atoms with Crippen LogP contribution in [0.1, 0.15) is 5.56 Å². The average Bonchev–Trinajstić information content (AvgIpc) is 2.31. The molecule has 7 heteroatoms. The van der Waals surface area contributed by atoms with Crippen molar-refractivity contribution in [1.82, 2.24) is 0 Å². The normalized spacial score (nSPS) is 11.6. The summed E-state index contributed by atoms with van der Waals surface area (Å²) in [5.74, 6) is 0.585. The molecule has 0 aliphatic heterocycles. The van der Waals surface area contributed by atoms with E-state index in [-0.39, 0.29) is 13.2 Å². The number of hydrogen-bond acceptors (Lipinski definition) is 3. The quantitative estimate of drug-likeness (QED) is 0.775. The second-order valence-corrected chi connectivity index (χ2v) is 4.66. The van der Waals surface area contributed by atoms with E-state index in [1.807, 2.05) is 6.07 Å². The smallest absolute Gasteiger partial charge is 0.411 e. The van der Waals surface area contributed by atoms with Crippen LogP contribution in [0.3, 0.4) is 0 Å². The topological polar surface area (TPSA) is 44.5 Å². The van der Waals surface area contributed by atoms with Crippen molar-refractivity contribution in [3.63, 3.8) is 0 Å². The largest absolute Gasteiger partial charge is 0.491 e. The minimum absolute atomic E-state index is 0.0692. The summed E-state index contributed by atoms with van der Waals surface area (Å²) in [5.41, 5.74) is 6.47. The van der Waals surface area contributed by atoms with Crippen LogP contribution in [0.2, 0.25) is 0 Å². The Morgan fingerprint density at radius 3 is 2.58 bits per heavy atom. The van der Waals surface area contributed by atoms with Crippen molar-refractivity contribution in [2.45, 2.75) is 12.6 Å². The third-order valence-electron chi connectivity index (χ3n) is 2.19. The van der Waals surface area contributed by atoms with E-state index in [2.05, 4.69) is 20.7 Å². The molecule has 19 heavy (non-hydrogen) atoms. The van der Waals surface area contributed by atoms with Crippen LogP contribution in [-0.2, 0) is 11.2 Å². The second kappa shape index (κ2) is 7.72. The van der Waals surface area contributed by atoms with E-state index in [0.29, 0.717) is 18.7 Å². The standard InChI is InChI=1S/C12H15BrF3NO2/c13-11-2-1-10(7-9(11)3-4-17)19-6-5-18-8-12(14,15)16/h1-2,7H,3-6,8,17H2. The molecule has 1 aromatic carbocycles. The summed E-state index contributed by atoms with van der Waals surface area (Å²) in [6.07, 6.45) is -3.60. The molecule has 0 radical (unpaired) electrons. The van der Waals surface area contributed by atoms with Crippen molar-refractivity contribution in [2.24, 2.45) is 5.73 Å². The highest BCUT2D eigenvalue weighted by Gasteiger charge is 2.27. The first kappa shape index (κ1) is 16.3. The summed E-state index contributed by atoms with van der Waals surface area (Å²) >= 11 is 3.39. The molecular weight excluding hydrogens is 327 g/mol. The molecule has 0 saturated carbocycles. The van der Waals surface area contributed by atoms with Gasteiger partial charge >= 0.3 is 6.18 Å². The number of halogens is 4. The second-order valence-electron chi connectivity index (χ2n) is 3.81. The van der Waals surface area contributed by atoms with E-state index in [1.54, 1.807) is 12.1 Å². The predicted octanol–water partition coefficient (Wildman–Crippen LogP) is 2.91. The molecular formula is C12H15BrF3NO2. The summed E-state index contributed by atoms with van der Waals surface area (Å²) in [5, 5.41) is 0. The predicted molar refractivity (Wildman–Crippen MR) is 69.3 cm³/mol. The van der Waals surface area contributed by atoms with Gasteiger partial charge in [0.1, 0.15) is 19.0 Å². The number of benzene rings is 1. The third-order valence-corrected chi connectivity index (χ3v) is 2.97. The zero-order valence-electron chi connectivity index (χ0n) is 10.2. The van der Waals surface area contributed by atoms with Crippen LogP contribution in [0.5, 0.6) is 5.75 Å². The highest BCUT2D eigenvalue weighted by molar-refractivity contribution is 9.10. The Hall–Kier alpha value is -0.790. The van der Waals surface area contributed by atoms with Gasteiger partial charge in [0.05, 0.1) is 6.61 Å². The maximum atomic E-state index is 11.8. The lowest BCUT2D eigenvalue weighted by Gasteiger charge is -2.10. The number of ether oxygens (including phenoxy) is 2. The Morgan fingerprint density at radius 1 is 1.21 bits per heavy atom. The van der Waals surface area contributed by atoms with Crippen LogP contribution in [0.4, 0.5) is 13.2 Å². The highest BCUT2D eigenvalue weighted by atomic mass is 79.9. The van der Waals surface area contributed by atoms with Gasteiger partial charge in [0.15, 0.2) is 0 Å². The number of hydrogen-bond donors (Lipinski definition) is 1. The monoisotopic (exact) mass is 341 g/mol. The van der Waals surface area contributed by atoms with Crippen molar-refractivity contribution in [1.29, 1.82) is 0 Å². The molecule has 0 heterocycles. The molecule has 0 fully saturated rings. The lowest BCUT2D eigenvalue weighted by molar-refractivity contribution is -0.175. The summed E-state index contributed by atoms with van der Waals surface area (Å²) in [7, 11) is 0. The Kier molecular flexibility index (Phi) is 6.60. The number of rotatable bonds is 7. The Morgan fingerprint density at radius 2 is 1.95 bits per heavy atom. The fraction of sp³-hybridized carbons (Fsp3) is 0.500. The SMILES string of the molecule is NCCc1cc(OCCOCC(F)(F)F)ccc1Br. The molecule has 1 rings (SSSR count). The first-order valence-electron chi connectivity index (χ1n) is 5.68. The molecule has 2 N–H and O–H groups in total. The van der Waals surface area contributed by atoms with Crippen LogP contribution in [0.15, 0.2) is 22.7 Å². The van der Waals surface area contributed by atoms with Gasteiger partial charge < -0.3 is 15.2 Å². The maximum Gasteiger partial charge on any atom is 0.411 e. The zero-order valence-corrected chi connectivity index (χ0v) is 11.8. The molecule has 108 valence electrons. The first-order chi connectivity index (χ1) is 8.92. The van der Waals surface area contributed by atoms with Gasteiger partial charge in [0.2, 0.25) is 0 Å². The van der Waals surface area contributed by atoms with Crippen molar-refractivity contribution in [3.8, 4) is 5.75 Å². The van der Waals surface area contributed by atoms with Crippen molar-refractivity contribution < 1.29 is 22.6 Å². The van der Waals surface area contributed by atoms with Gasteiger partial charge in [-0.15, -0.1) is 0 Å².